The average Bonchev–Trinajstić information content (AvgIpc) is 3.59. The van der Waals surface area contributed by atoms with E-state index in [1.807, 2.05) is 18.2 Å². The van der Waals surface area contributed by atoms with Crippen LogP contribution in [-0.2, 0) is 0 Å². The molecule has 31 heavy (non-hydrogen) atoms. The third-order valence-corrected chi connectivity index (χ3v) is 5.59. The molecule has 1 amide bonds. The smallest absolute Gasteiger partial charge is 0.257 e. The molecule has 0 aliphatic heterocycles. The number of carbonyl (C=O) groups is 1. The Balaban J connectivity index is 1.48. The number of nitrogens with zero attached hydrogens (tertiary/aromatic N) is 2. The molecule has 3 aromatic rings. The highest BCUT2D eigenvalue weighted by Gasteiger charge is 2.24. The third-order valence-electron chi connectivity index (χ3n) is 4.84. The zero-order chi connectivity index (χ0) is 22.0. The first-order valence-corrected chi connectivity index (χ1v) is 10.7. The molecule has 9 heteroatoms. The van der Waals surface area contributed by atoms with Crippen molar-refractivity contribution >= 4 is 40.7 Å². The van der Waals surface area contributed by atoms with Gasteiger partial charge < -0.3 is 10.1 Å². The SMILES string of the molecule is O=C(NCC(F)c1ccc(Cl)cc1Cl)c1cc(Cl)nnc1Oc1cccc(C2CC2)c1. The molecule has 4 rings (SSSR count). The van der Waals surface area contributed by atoms with Crippen molar-refractivity contribution in [1.29, 1.82) is 0 Å². The number of benzene rings is 2. The zero-order valence-corrected chi connectivity index (χ0v) is 18.4. The quantitative estimate of drug-likeness (QED) is 0.416. The Bertz CT molecular complexity index is 1120. The van der Waals surface area contributed by atoms with Crippen molar-refractivity contribution in [2.45, 2.75) is 24.9 Å². The summed E-state index contributed by atoms with van der Waals surface area (Å²) in [6.07, 6.45) is 0.776. The molecule has 1 atom stereocenters. The van der Waals surface area contributed by atoms with Crippen LogP contribution in [-0.4, -0.2) is 22.6 Å². The number of halogens is 4. The molecule has 0 radical (unpaired) electrons. The molecular formula is C22H17Cl3FN3O2. The van der Waals surface area contributed by atoms with Crippen molar-refractivity contribution in [1.82, 2.24) is 15.5 Å². The van der Waals surface area contributed by atoms with Crippen molar-refractivity contribution in [3.05, 3.63) is 80.4 Å². The van der Waals surface area contributed by atoms with Gasteiger partial charge >= 0.3 is 0 Å². The summed E-state index contributed by atoms with van der Waals surface area (Å²) < 4.78 is 20.4. The van der Waals surface area contributed by atoms with Crippen molar-refractivity contribution < 1.29 is 13.9 Å². The minimum Gasteiger partial charge on any atom is -0.437 e. The second-order valence-electron chi connectivity index (χ2n) is 7.18. The van der Waals surface area contributed by atoms with Crippen LogP contribution in [0.25, 0.3) is 0 Å². The fourth-order valence-corrected chi connectivity index (χ4v) is 3.77. The van der Waals surface area contributed by atoms with Gasteiger partial charge in [0.25, 0.3) is 11.8 Å². The van der Waals surface area contributed by atoms with Crippen LogP contribution in [0.2, 0.25) is 15.2 Å². The summed E-state index contributed by atoms with van der Waals surface area (Å²) in [7, 11) is 0. The second kappa shape index (κ2) is 9.39. The number of alkyl halides is 1. The van der Waals surface area contributed by atoms with E-state index in [4.69, 9.17) is 39.5 Å². The Kier molecular flexibility index (Phi) is 6.60. The first-order chi connectivity index (χ1) is 14.9. The van der Waals surface area contributed by atoms with Gasteiger partial charge in [0, 0.05) is 15.6 Å². The number of ether oxygens (including phenoxy) is 1. The molecule has 1 aromatic heterocycles. The Labute approximate surface area is 193 Å². The van der Waals surface area contributed by atoms with Crippen LogP contribution in [0.4, 0.5) is 4.39 Å². The van der Waals surface area contributed by atoms with E-state index in [1.54, 1.807) is 6.07 Å². The van der Waals surface area contributed by atoms with Crippen LogP contribution in [0, 0.1) is 0 Å². The molecule has 0 saturated heterocycles. The second-order valence-corrected chi connectivity index (χ2v) is 8.41. The van der Waals surface area contributed by atoms with Gasteiger partial charge in [0.05, 0.1) is 6.54 Å². The van der Waals surface area contributed by atoms with Gasteiger partial charge in [-0.3, -0.25) is 4.79 Å². The third kappa shape index (κ3) is 5.45. The van der Waals surface area contributed by atoms with Crippen LogP contribution in [0.3, 0.4) is 0 Å². The summed E-state index contributed by atoms with van der Waals surface area (Å²) in [5.74, 6) is 0.461. The normalized spacial score (nSPS) is 14.2. The van der Waals surface area contributed by atoms with Crippen LogP contribution in [0.5, 0.6) is 11.6 Å². The lowest BCUT2D eigenvalue weighted by molar-refractivity contribution is 0.0938. The molecule has 1 fully saturated rings. The van der Waals surface area contributed by atoms with Gasteiger partial charge in [-0.2, -0.15) is 0 Å². The largest absolute Gasteiger partial charge is 0.437 e. The Morgan fingerprint density at radius 1 is 1.13 bits per heavy atom. The lowest BCUT2D eigenvalue weighted by atomic mass is 10.1. The van der Waals surface area contributed by atoms with Gasteiger partial charge in [0.1, 0.15) is 17.5 Å². The average molecular weight is 481 g/mol. The fraction of sp³-hybridized carbons (Fsp3) is 0.227. The number of hydrogen-bond donors (Lipinski definition) is 1. The van der Waals surface area contributed by atoms with Crippen molar-refractivity contribution in [2.24, 2.45) is 0 Å². The van der Waals surface area contributed by atoms with E-state index in [-0.39, 0.29) is 33.7 Å². The first kappa shape index (κ1) is 21.8. The number of carbonyl (C=O) groups excluding carboxylic acids is 1. The number of hydrogen-bond acceptors (Lipinski definition) is 4. The van der Waals surface area contributed by atoms with E-state index in [0.717, 1.165) is 12.8 Å². The fourth-order valence-electron chi connectivity index (χ4n) is 3.10. The standard InChI is InChI=1S/C22H17Cl3FN3O2/c23-14-6-7-16(18(24)9-14)19(26)11-27-21(30)17-10-20(25)28-29-22(17)31-15-3-1-2-13(8-15)12-4-5-12/h1-3,6-10,12,19H,4-5,11H2,(H,27,30). The Morgan fingerprint density at radius 2 is 1.94 bits per heavy atom. The predicted octanol–water partition coefficient (Wildman–Crippen LogP) is 6.55. The molecule has 2 aromatic carbocycles. The molecule has 1 N–H and O–H groups in total. The molecule has 0 bridgehead atoms. The van der Waals surface area contributed by atoms with Crippen LogP contribution < -0.4 is 10.1 Å². The highest BCUT2D eigenvalue weighted by molar-refractivity contribution is 6.35. The van der Waals surface area contributed by atoms with E-state index < -0.39 is 12.1 Å². The summed E-state index contributed by atoms with van der Waals surface area (Å²) in [6, 6.07) is 13.4. The molecule has 1 heterocycles. The van der Waals surface area contributed by atoms with E-state index in [0.29, 0.717) is 16.7 Å². The molecule has 160 valence electrons. The highest BCUT2D eigenvalue weighted by Crippen LogP contribution is 2.41. The summed E-state index contributed by atoms with van der Waals surface area (Å²) in [5, 5.41) is 10.8. The topological polar surface area (TPSA) is 64.1 Å². The van der Waals surface area contributed by atoms with E-state index in [2.05, 4.69) is 15.5 Å². The van der Waals surface area contributed by atoms with Crippen molar-refractivity contribution in [3.63, 3.8) is 0 Å². The maximum absolute atomic E-state index is 14.6. The molecule has 0 spiro atoms. The lowest BCUT2D eigenvalue weighted by Crippen LogP contribution is -2.28. The van der Waals surface area contributed by atoms with Crippen molar-refractivity contribution in [2.75, 3.05) is 6.54 Å². The van der Waals surface area contributed by atoms with Crippen LogP contribution in [0.1, 0.15) is 46.4 Å². The number of amides is 1. The van der Waals surface area contributed by atoms with Crippen molar-refractivity contribution in [3.8, 4) is 11.6 Å². The number of nitrogens with one attached hydrogen (secondary N) is 1. The van der Waals surface area contributed by atoms with Crippen LogP contribution >= 0.6 is 34.8 Å². The monoisotopic (exact) mass is 479 g/mol. The maximum atomic E-state index is 14.6. The van der Waals surface area contributed by atoms with E-state index in [1.165, 1.54) is 29.8 Å². The van der Waals surface area contributed by atoms with Crippen LogP contribution in [0.15, 0.2) is 48.5 Å². The Hall–Kier alpha value is -2.41. The minimum atomic E-state index is -1.53. The van der Waals surface area contributed by atoms with Gasteiger partial charge in [-0.15, -0.1) is 10.2 Å². The molecule has 1 aliphatic carbocycles. The summed E-state index contributed by atoms with van der Waals surface area (Å²) in [4.78, 5) is 12.7. The number of rotatable bonds is 7. The van der Waals surface area contributed by atoms with Gasteiger partial charge in [-0.05, 0) is 54.7 Å². The summed E-state index contributed by atoms with van der Waals surface area (Å²) in [5.41, 5.74) is 1.45. The predicted molar refractivity (Wildman–Crippen MR) is 118 cm³/mol. The lowest BCUT2D eigenvalue weighted by Gasteiger charge is -2.14. The maximum Gasteiger partial charge on any atom is 0.257 e. The first-order valence-electron chi connectivity index (χ1n) is 9.59. The molecule has 5 nitrogen and oxygen atoms in total. The van der Waals surface area contributed by atoms with Gasteiger partial charge in [-0.25, -0.2) is 4.39 Å². The number of aromatic nitrogens is 2. The zero-order valence-electron chi connectivity index (χ0n) is 16.1. The molecular weight excluding hydrogens is 464 g/mol. The molecule has 1 unspecified atom stereocenters. The molecule has 1 aliphatic rings. The van der Waals surface area contributed by atoms with E-state index >= 15 is 0 Å². The van der Waals surface area contributed by atoms with Gasteiger partial charge in [0.2, 0.25) is 0 Å². The highest BCUT2D eigenvalue weighted by atomic mass is 35.5. The summed E-state index contributed by atoms with van der Waals surface area (Å²) in [6.45, 7) is -0.309. The van der Waals surface area contributed by atoms with E-state index in [9.17, 15) is 9.18 Å². The van der Waals surface area contributed by atoms with Gasteiger partial charge in [-0.1, -0.05) is 53.0 Å². The molecule has 1 saturated carbocycles. The van der Waals surface area contributed by atoms with Gasteiger partial charge in [0.15, 0.2) is 5.15 Å². The minimum absolute atomic E-state index is 0.0155. The summed E-state index contributed by atoms with van der Waals surface area (Å²) >= 11 is 17.8. The Morgan fingerprint density at radius 3 is 2.68 bits per heavy atom.